The summed E-state index contributed by atoms with van der Waals surface area (Å²) < 4.78 is 10.3. The number of cyclic esters (lactones) is 1. The van der Waals surface area contributed by atoms with Crippen LogP contribution in [0.1, 0.15) is 22.7 Å². The summed E-state index contributed by atoms with van der Waals surface area (Å²) in [5.74, 6) is 7.01. The minimum absolute atomic E-state index is 0.237. The third kappa shape index (κ3) is 4.34. The molecule has 1 N–H and O–H groups in total. The van der Waals surface area contributed by atoms with Crippen molar-refractivity contribution in [3.63, 3.8) is 0 Å². The number of nitrogens with zero attached hydrogens (tertiary/aromatic N) is 1. The average Bonchev–Trinajstić information content (AvgIpc) is 3.19. The Morgan fingerprint density at radius 2 is 1.86 bits per heavy atom. The number of nitrogens with one attached hydrogen (secondary N) is 1. The fourth-order valence-electron chi connectivity index (χ4n) is 3.11. The van der Waals surface area contributed by atoms with Gasteiger partial charge in [-0.05, 0) is 53.1 Å². The number of halogens is 1. The largest absolute Gasteiger partial charge is 0.497 e. The highest BCUT2D eigenvalue weighted by Crippen LogP contribution is 2.32. The van der Waals surface area contributed by atoms with Crippen molar-refractivity contribution < 1.29 is 14.3 Å². The number of amides is 1. The third-order valence-corrected chi connectivity index (χ3v) is 4.80. The summed E-state index contributed by atoms with van der Waals surface area (Å²) in [6.07, 6.45) is 1.21. The van der Waals surface area contributed by atoms with Crippen LogP contribution in [0.4, 0.5) is 4.79 Å². The lowest BCUT2D eigenvalue weighted by Gasteiger charge is -2.15. The summed E-state index contributed by atoms with van der Waals surface area (Å²) in [5, 5.41) is 3.28. The molecule has 1 fully saturated rings. The average molecular weight is 405 g/mol. The van der Waals surface area contributed by atoms with E-state index in [1.54, 1.807) is 19.4 Å². The molecule has 1 aromatic heterocycles. The van der Waals surface area contributed by atoms with Crippen LogP contribution in [0.5, 0.6) is 5.75 Å². The van der Waals surface area contributed by atoms with Crippen LogP contribution in [-0.4, -0.2) is 24.8 Å². The van der Waals surface area contributed by atoms with Crippen molar-refractivity contribution in [2.24, 2.45) is 0 Å². The number of hydrogen-bond acceptors (Lipinski definition) is 4. The highest BCUT2D eigenvalue weighted by molar-refractivity contribution is 6.29. The lowest BCUT2D eigenvalue weighted by molar-refractivity contribution is 0.177. The van der Waals surface area contributed by atoms with Gasteiger partial charge in [0, 0.05) is 17.3 Å². The lowest BCUT2D eigenvalue weighted by atomic mass is 9.93. The summed E-state index contributed by atoms with van der Waals surface area (Å²) in [4.78, 5) is 15.6. The summed E-state index contributed by atoms with van der Waals surface area (Å²) in [6.45, 7) is 0.278. The minimum Gasteiger partial charge on any atom is -0.497 e. The Bertz CT molecular complexity index is 1100. The number of benzene rings is 2. The molecule has 1 aliphatic rings. The van der Waals surface area contributed by atoms with Gasteiger partial charge in [0.25, 0.3) is 0 Å². The molecule has 0 aliphatic carbocycles. The van der Waals surface area contributed by atoms with Crippen LogP contribution < -0.4 is 10.1 Å². The van der Waals surface area contributed by atoms with Crippen molar-refractivity contribution >= 4 is 17.7 Å². The number of carbonyl (C=O) groups excluding carboxylic acids is 1. The van der Waals surface area contributed by atoms with E-state index in [0.29, 0.717) is 5.15 Å². The Balaban J connectivity index is 1.72. The van der Waals surface area contributed by atoms with E-state index in [4.69, 9.17) is 21.1 Å². The SMILES string of the molecule is COc1ccc(-c2ccc(C#Cc3ccc(Cl)nc3)cc2C2COC(=O)N2)cc1. The summed E-state index contributed by atoms with van der Waals surface area (Å²) in [7, 11) is 1.63. The molecule has 144 valence electrons. The standard InChI is InChI=1S/C23H17ClN2O3/c1-28-18-8-6-17(7-9-18)19-10-4-15(2-3-16-5-11-22(24)25-13-16)12-20(19)21-14-29-23(27)26-21/h4-13,21H,14H2,1H3,(H,26,27). The maximum Gasteiger partial charge on any atom is 0.407 e. The first-order valence-corrected chi connectivity index (χ1v) is 9.35. The second kappa shape index (κ2) is 8.26. The molecule has 1 amide bonds. The Kier molecular flexibility index (Phi) is 5.37. The Morgan fingerprint density at radius 3 is 2.52 bits per heavy atom. The topological polar surface area (TPSA) is 60.5 Å². The van der Waals surface area contributed by atoms with E-state index in [0.717, 1.165) is 33.6 Å². The Hall–Kier alpha value is -3.49. The molecule has 6 heteroatoms. The monoisotopic (exact) mass is 404 g/mol. The Labute approximate surface area is 173 Å². The molecule has 3 aromatic rings. The second-order valence-corrected chi connectivity index (χ2v) is 6.83. The van der Waals surface area contributed by atoms with E-state index in [1.165, 1.54) is 0 Å². The zero-order valence-corrected chi connectivity index (χ0v) is 16.4. The van der Waals surface area contributed by atoms with Gasteiger partial charge in [0.15, 0.2) is 0 Å². The quantitative estimate of drug-likeness (QED) is 0.512. The molecule has 29 heavy (non-hydrogen) atoms. The van der Waals surface area contributed by atoms with E-state index in [1.807, 2.05) is 48.5 Å². The molecule has 2 aromatic carbocycles. The predicted molar refractivity (Wildman–Crippen MR) is 111 cm³/mol. The van der Waals surface area contributed by atoms with Crippen LogP contribution in [0.15, 0.2) is 60.8 Å². The van der Waals surface area contributed by atoms with E-state index >= 15 is 0 Å². The first-order chi connectivity index (χ1) is 14.1. The zero-order valence-electron chi connectivity index (χ0n) is 15.6. The van der Waals surface area contributed by atoms with E-state index in [-0.39, 0.29) is 12.6 Å². The normalized spacial score (nSPS) is 15.1. The highest BCUT2D eigenvalue weighted by atomic mass is 35.5. The van der Waals surface area contributed by atoms with Crippen LogP contribution >= 0.6 is 11.6 Å². The van der Waals surface area contributed by atoms with Gasteiger partial charge >= 0.3 is 6.09 Å². The Morgan fingerprint density at radius 1 is 1.10 bits per heavy atom. The first kappa shape index (κ1) is 18.9. The van der Waals surface area contributed by atoms with Crippen molar-refractivity contribution in [2.45, 2.75) is 6.04 Å². The van der Waals surface area contributed by atoms with Crippen LogP contribution in [0.2, 0.25) is 5.15 Å². The van der Waals surface area contributed by atoms with Crippen molar-refractivity contribution in [1.82, 2.24) is 10.3 Å². The molecule has 5 nitrogen and oxygen atoms in total. The lowest BCUT2D eigenvalue weighted by Crippen LogP contribution is -2.19. The third-order valence-electron chi connectivity index (χ3n) is 4.58. The van der Waals surface area contributed by atoms with Gasteiger partial charge < -0.3 is 14.8 Å². The smallest absolute Gasteiger partial charge is 0.407 e. The molecule has 1 saturated heterocycles. The molecular formula is C23H17ClN2O3. The van der Waals surface area contributed by atoms with Crippen LogP contribution in [-0.2, 0) is 4.74 Å². The van der Waals surface area contributed by atoms with Crippen molar-refractivity contribution in [2.75, 3.05) is 13.7 Å². The molecule has 1 aliphatic heterocycles. The van der Waals surface area contributed by atoms with Gasteiger partial charge in [-0.3, -0.25) is 0 Å². The minimum atomic E-state index is -0.417. The van der Waals surface area contributed by atoms with Crippen LogP contribution in [0.25, 0.3) is 11.1 Å². The van der Waals surface area contributed by atoms with Gasteiger partial charge in [-0.15, -0.1) is 0 Å². The molecule has 2 heterocycles. The highest BCUT2D eigenvalue weighted by Gasteiger charge is 2.26. The molecule has 0 bridgehead atoms. The number of carbonyl (C=O) groups is 1. The fraction of sp³-hybridized carbons (Fsp3) is 0.130. The van der Waals surface area contributed by atoms with Crippen LogP contribution in [0, 0.1) is 11.8 Å². The van der Waals surface area contributed by atoms with Gasteiger partial charge in [-0.2, -0.15) is 0 Å². The van der Waals surface area contributed by atoms with Gasteiger partial charge in [0.2, 0.25) is 0 Å². The predicted octanol–water partition coefficient (Wildman–Crippen LogP) is 4.59. The van der Waals surface area contributed by atoms with Crippen molar-refractivity contribution in [3.8, 4) is 28.7 Å². The van der Waals surface area contributed by atoms with Gasteiger partial charge in [-0.25, -0.2) is 9.78 Å². The maximum atomic E-state index is 11.6. The van der Waals surface area contributed by atoms with Gasteiger partial charge in [-0.1, -0.05) is 41.6 Å². The molecular weight excluding hydrogens is 388 g/mol. The second-order valence-electron chi connectivity index (χ2n) is 6.45. The van der Waals surface area contributed by atoms with E-state index in [9.17, 15) is 4.79 Å². The number of ether oxygens (including phenoxy) is 2. The number of methoxy groups -OCH3 is 1. The fourth-order valence-corrected chi connectivity index (χ4v) is 3.22. The summed E-state index contributed by atoms with van der Waals surface area (Å²) >= 11 is 5.82. The van der Waals surface area contributed by atoms with E-state index in [2.05, 4.69) is 22.1 Å². The van der Waals surface area contributed by atoms with Gasteiger partial charge in [0.05, 0.1) is 13.2 Å². The van der Waals surface area contributed by atoms with Gasteiger partial charge in [0.1, 0.15) is 17.5 Å². The maximum absolute atomic E-state index is 11.6. The summed E-state index contributed by atoms with van der Waals surface area (Å²) in [5.41, 5.74) is 4.56. The molecule has 0 spiro atoms. The number of pyridine rings is 1. The number of alkyl carbamates (subject to hydrolysis) is 1. The molecule has 0 saturated carbocycles. The zero-order chi connectivity index (χ0) is 20.2. The van der Waals surface area contributed by atoms with E-state index < -0.39 is 6.09 Å². The first-order valence-electron chi connectivity index (χ1n) is 8.97. The van der Waals surface area contributed by atoms with Crippen molar-refractivity contribution in [1.29, 1.82) is 0 Å². The molecule has 4 rings (SSSR count). The number of aromatic nitrogens is 1. The van der Waals surface area contributed by atoms with Crippen molar-refractivity contribution in [3.05, 3.63) is 82.6 Å². The number of rotatable bonds is 3. The molecule has 1 atom stereocenters. The summed E-state index contributed by atoms with van der Waals surface area (Å²) in [6, 6.07) is 17.0. The van der Waals surface area contributed by atoms with Crippen LogP contribution in [0.3, 0.4) is 0 Å². The molecule has 1 unspecified atom stereocenters. The molecule has 0 radical (unpaired) electrons. The number of hydrogen-bond donors (Lipinski definition) is 1.